The Hall–Kier alpha value is -3.24. The molecule has 2 saturated heterocycles. The predicted octanol–water partition coefficient (Wildman–Crippen LogP) is 3.17. The maximum absolute atomic E-state index is 13.7. The average molecular weight is 559 g/mol. The first-order valence-electron chi connectivity index (χ1n) is 14.4. The molecule has 41 heavy (non-hydrogen) atoms. The number of phenols is 1. The first-order valence-corrected chi connectivity index (χ1v) is 14.4. The molecule has 0 radical (unpaired) electrons. The lowest BCUT2D eigenvalue weighted by Gasteiger charge is -2.31. The number of imide groups is 1. The lowest BCUT2D eigenvalue weighted by molar-refractivity contribution is -0.122. The Morgan fingerprint density at radius 3 is 2.46 bits per heavy atom. The highest BCUT2D eigenvalue weighted by atomic mass is 16.5. The fraction of sp³-hybridized carbons (Fsp3) is 0.438. The zero-order valence-corrected chi connectivity index (χ0v) is 23.8. The second-order valence-electron chi connectivity index (χ2n) is 11.6. The van der Waals surface area contributed by atoms with Crippen LogP contribution in [0.15, 0.2) is 53.1 Å². The number of carbonyl (C=O) groups excluding carboxylic acids is 2. The predicted molar refractivity (Wildman–Crippen MR) is 157 cm³/mol. The van der Waals surface area contributed by atoms with E-state index in [9.17, 15) is 29.9 Å². The van der Waals surface area contributed by atoms with Crippen LogP contribution >= 0.6 is 0 Å². The molecule has 0 unspecified atom stereocenters. The van der Waals surface area contributed by atoms with Crippen LogP contribution in [0.5, 0.6) is 5.75 Å². The number of aliphatic hydroxyl groups excluding tert-OH is 1. The fourth-order valence-corrected chi connectivity index (χ4v) is 6.91. The largest absolute Gasteiger partial charge is 0.507 e. The first-order chi connectivity index (χ1) is 19.6. The van der Waals surface area contributed by atoms with E-state index < -0.39 is 19.0 Å². The summed E-state index contributed by atoms with van der Waals surface area (Å²) in [7, 11) is -1.71. The molecule has 2 aliphatic heterocycles. The standard InChI is InChI=1S/C32H38BNO7/c1-4-6-20(13-21-11-18(2)30(36)19(3)12-21)9-10-27-28-22(16-35)14-25-29(26(28)17-41-27)32(38)34(31(25)37)24-8-5-7-23(15-24)33(39)40/h5,7-8,11-13,15,25-27,29,35-36,39-40H,4,6,9-10,14,16-17H2,1-3H3/b20-13+/t25-,26+,27-,29-/m1/s1. The number of rotatable bonds is 9. The van der Waals surface area contributed by atoms with Crippen molar-refractivity contribution in [2.24, 2.45) is 17.8 Å². The average Bonchev–Trinajstić information content (AvgIpc) is 3.48. The number of nitrogens with zero attached hydrogens (tertiary/aromatic N) is 1. The Morgan fingerprint density at radius 1 is 1.07 bits per heavy atom. The maximum Gasteiger partial charge on any atom is 0.488 e. The summed E-state index contributed by atoms with van der Waals surface area (Å²) in [6, 6.07) is 10.2. The smallest absolute Gasteiger partial charge is 0.488 e. The molecular formula is C32H38BNO7. The molecule has 2 amide bonds. The van der Waals surface area contributed by atoms with Crippen LogP contribution in [0.4, 0.5) is 5.69 Å². The van der Waals surface area contributed by atoms with Gasteiger partial charge in [-0.15, -0.1) is 0 Å². The number of benzene rings is 2. The van der Waals surface area contributed by atoms with E-state index in [1.54, 1.807) is 12.1 Å². The molecular weight excluding hydrogens is 521 g/mol. The molecule has 1 aliphatic carbocycles. The molecule has 3 aliphatic rings. The van der Waals surface area contributed by atoms with Crippen LogP contribution in [0.3, 0.4) is 0 Å². The second-order valence-corrected chi connectivity index (χ2v) is 11.6. The fourth-order valence-electron chi connectivity index (χ4n) is 6.91. The number of hydrogen-bond donors (Lipinski definition) is 4. The minimum Gasteiger partial charge on any atom is -0.507 e. The van der Waals surface area contributed by atoms with Gasteiger partial charge in [-0.3, -0.25) is 14.5 Å². The number of carbonyl (C=O) groups is 2. The maximum atomic E-state index is 13.7. The zero-order valence-electron chi connectivity index (χ0n) is 23.8. The van der Waals surface area contributed by atoms with Crippen molar-refractivity contribution in [2.45, 2.75) is 59.0 Å². The van der Waals surface area contributed by atoms with Crippen LogP contribution in [-0.2, 0) is 14.3 Å². The van der Waals surface area contributed by atoms with Gasteiger partial charge in [0.15, 0.2) is 0 Å². The number of aryl methyl sites for hydroxylation is 2. The summed E-state index contributed by atoms with van der Waals surface area (Å²) in [6.45, 7) is 6.06. The summed E-state index contributed by atoms with van der Waals surface area (Å²) < 4.78 is 6.27. The minimum atomic E-state index is -1.71. The van der Waals surface area contributed by atoms with Gasteiger partial charge in [0.2, 0.25) is 11.8 Å². The third-order valence-electron chi connectivity index (χ3n) is 8.81. The van der Waals surface area contributed by atoms with Gasteiger partial charge in [-0.2, -0.15) is 0 Å². The molecule has 0 saturated carbocycles. The van der Waals surface area contributed by atoms with E-state index in [-0.39, 0.29) is 35.9 Å². The van der Waals surface area contributed by atoms with Crippen LogP contribution in [0.2, 0.25) is 0 Å². The number of amides is 2. The van der Waals surface area contributed by atoms with Crippen LogP contribution in [-0.4, -0.2) is 58.5 Å². The first kappa shape index (κ1) is 29.3. The van der Waals surface area contributed by atoms with E-state index in [4.69, 9.17) is 4.74 Å². The zero-order chi connectivity index (χ0) is 29.4. The van der Waals surface area contributed by atoms with E-state index in [1.165, 1.54) is 17.7 Å². The van der Waals surface area contributed by atoms with Crippen molar-refractivity contribution >= 4 is 36.2 Å². The van der Waals surface area contributed by atoms with Crippen molar-refractivity contribution < 1.29 is 34.6 Å². The highest BCUT2D eigenvalue weighted by Crippen LogP contribution is 2.50. The van der Waals surface area contributed by atoms with Crippen molar-refractivity contribution in [1.29, 1.82) is 0 Å². The lowest BCUT2D eigenvalue weighted by atomic mass is 9.69. The third kappa shape index (κ3) is 5.51. The van der Waals surface area contributed by atoms with E-state index in [1.807, 2.05) is 26.0 Å². The SMILES string of the molecule is CCC/C(=C\c1cc(C)c(O)c(C)c1)CC[C@H]1OC[C@H]2C1=C(CO)C[C@H]1C(=O)N(c3cccc(B(O)O)c3)C(=O)[C@H]12. The Kier molecular flexibility index (Phi) is 8.52. The molecule has 2 fully saturated rings. The number of ether oxygens (including phenoxy) is 1. The Bertz CT molecular complexity index is 1390. The molecule has 216 valence electrons. The van der Waals surface area contributed by atoms with Crippen molar-refractivity contribution in [1.82, 2.24) is 0 Å². The number of anilines is 1. The van der Waals surface area contributed by atoms with E-state index in [2.05, 4.69) is 13.0 Å². The van der Waals surface area contributed by atoms with Gasteiger partial charge in [-0.1, -0.05) is 37.1 Å². The number of aliphatic hydroxyl groups is 1. The van der Waals surface area contributed by atoms with Crippen molar-refractivity contribution in [3.8, 4) is 5.75 Å². The minimum absolute atomic E-state index is 0.188. The number of phenolic OH excluding ortho intramolecular Hbond substituents is 1. The van der Waals surface area contributed by atoms with Gasteiger partial charge in [-0.05, 0) is 97.1 Å². The molecule has 0 aromatic heterocycles. The van der Waals surface area contributed by atoms with Gasteiger partial charge >= 0.3 is 7.12 Å². The summed E-state index contributed by atoms with van der Waals surface area (Å²) in [5.41, 5.74) is 6.27. The molecule has 4 atom stereocenters. The van der Waals surface area contributed by atoms with Crippen LogP contribution in [0.1, 0.15) is 55.7 Å². The normalized spacial score (nSPS) is 24.2. The molecule has 4 N–H and O–H groups in total. The lowest BCUT2D eigenvalue weighted by Crippen LogP contribution is -2.35. The van der Waals surface area contributed by atoms with Crippen LogP contribution < -0.4 is 10.4 Å². The molecule has 0 spiro atoms. The second kappa shape index (κ2) is 11.9. The number of fused-ring (bicyclic) bond motifs is 3. The van der Waals surface area contributed by atoms with E-state index in [0.717, 1.165) is 52.0 Å². The van der Waals surface area contributed by atoms with Gasteiger partial charge in [0.1, 0.15) is 5.75 Å². The van der Waals surface area contributed by atoms with Gasteiger partial charge in [0.25, 0.3) is 0 Å². The molecule has 0 bridgehead atoms. The van der Waals surface area contributed by atoms with Gasteiger partial charge < -0.3 is 25.0 Å². The van der Waals surface area contributed by atoms with Crippen LogP contribution in [0, 0.1) is 31.6 Å². The summed E-state index contributed by atoms with van der Waals surface area (Å²) in [6.07, 6.45) is 5.66. The summed E-state index contributed by atoms with van der Waals surface area (Å²) >= 11 is 0. The summed E-state index contributed by atoms with van der Waals surface area (Å²) in [5, 5.41) is 39.7. The number of hydrogen-bond acceptors (Lipinski definition) is 7. The van der Waals surface area contributed by atoms with Crippen LogP contribution in [0.25, 0.3) is 6.08 Å². The highest BCUT2D eigenvalue weighted by molar-refractivity contribution is 6.58. The topological polar surface area (TPSA) is 128 Å². The Balaban J connectivity index is 1.37. The van der Waals surface area contributed by atoms with Crippen molar-refractivity contribution in [2.75, 3.05) is 18.1 Å². The van der Waals surface area contributed by atoms with Crippen molar-refractivity contribution in [3.05, 3.63) is 69.8 Å². The number of allylic oxidation sites excluding steroid dienone is 1. The van der Waals surface area contributed by atoms with Crippen molar-refractivity contribution in [3.63, 3.8) is 0 Å². The van der Waals surface area contributed by atoms with Gasteiger partial charge in [0, 0.05) is 5.92 Å². The Morgan fingerprint density at radius 2 is 1.80 bits per heavy atom. The highest BCUT2D eigenvalue weighted by Gasteiger charge is 2.57. The molecule has 8 nitrogen and oxygen atoms in total. The summed E-state index contributed by atoms with van der Waals surface area (Å²) in [5.74, 6) is -1.76. The van der Waals surface area contributed by atoms with Gasteiger partial charge in [0.05, 0.1) is 36.8 Å². The third-order valence-corrected chi connectivity index (χ3v) is 8.81. The van der Waals surface area contributed by atoms with E-state index >= 15 is 0 Å². The number of aromatic hydroxyl groups is 1. The summed E-state index contributed by atoms with van der Waals surface area (Å²) in [4.78, 5) is 28.4. The molecule has 2 aromatic carbocycles. The molecule has 2 aromatic rings. The monoisotopic (exact) mass is 559 g/mol. The van der Waals surface area contributed by atoms with Gasteiger partial charge in [-0.25, -0.2) is 0 Å². The molecule has 5 rings (SSSR count). The molecule has 2 heterocycles. The quantitative estimate of drug-likeness (QED) is 0.211. The molecule has 9 heteroatoms. The Labute approximate surface area is 241 Å². The van der Waals surface area contributed by atoms with E-state index in [0.29, 0.717) is 30.9 Å².